The molecule has 3 heterocycles. The first-order chi connectivity index (χ1) is 14.4. The number of alkyl halides is 2. The number of likely N-dealkylation sites (tertiary alicyclic amines) is 1. The molecule has 0 saturated carbocycles. The molecule has 1 aromatic carbocycles. The van der Waals surface area contributed by atoms with Crippen molar-refractivity contribution in [3.05, 3.63) is 71.3 Å². The molecule has 1 aliphatic rings. The third-order valence-corrected chi connectivity index (χ3v) is 5.62. The third-order valence-electron chi connectivity index (χ3n) is 5.38. The van der Waals surface area contributed by atoms with Gasteiger partial charge in [0.25, 0.3) is 11.8 Å². The predicted molar refractivity (Wildman–Crippen MR) is 108 cm³/mol. The second-order valence-corrected chi connectivity index (χ2v) is 7.66. The minimum atomic E-state index is -3.13. The van der Waals surface area contributed by atoms with Gasteiger partial charge in [-0.25, -0.2) is 4.98 Å². The Morgan fingerprint density at radius 1 is 1.23 bits per heavy atom. The molecule has 156 valence electrons. The van der Waals surface area contributed by atoms with Crippen LogP contribution in [0.5, 0.6) is 0 Å². The summed E-state index contributed by atoms with van der Waals surface area (Å²) in [4.78, 5) is 30.6. The Kier molecular flexibility index (Phi) is 5.67. The number of hydrogen-bond acceptors (Lipinski definition) is 3. The van der Waals surface area contributed by atoms with Crippen molar-refractivity contribution in [2.75, 3.05) is 13.1 Å². The zero-order valence-corrected chi connectivity index (χ0v) is 16.6. The molecule has 0 aliphatic carbocycles. The molecule has 9 heteroatoms. The molecule has 1 saturated heterocycles. The second kappa shape index (κ2) is 8.39. The van der Waals surface area contributed by atoms with Crippen molar-refractivity contribution in [2.24, 2.45) is 0 Å². The van der Waals surface area contributed by atoms with Gasteiger partial charge in [-0.05, 0) is 36.2 Å². The molecule has 4 rings (SSSR count). The maximum atomic E-state index is 13.2. The second-order valence-electron chi connectivity index (χ2n) is 7.23. The van der Waals surface area contributed by atoms with Crippen LogP contribution >= 0.6 is 11.6 Å². The van der Waals surface area contributed by atoms with Gasteiger partial charge in [-0.2, -0.15) is 8.78 Å². The van der Waals surface area contributed by atoms with Crippen molar-refractivity contribution < 1.29 is 18.4 Å². The van der Waals surface area contributed by atoms with E-state index in [1.807, 2.05) is 6.07 Å². The van der Waals surface area contributed by atoms with E-state index in [2.05, 4.69) is 10.3 Å². The summed E-state index contributed by atoms with van der Waals surface area (Å²) < 4.78 is 27.6. The fourth-order valence-electron chi connectivity index (χ4n) is 3.97. The molecule has 0 bridgehead atoms. The molecule has 1 fully saturated rings. The van der Waals surface area contributed by atoms with Gasteiger partial charge in [0.15, 0.2) is 0 Å². The quantitative estimate of drug-likeness (QED) is 0.687. The van der Waals surface area contributed by atoms with Gasteiger partial charge >= 0.3 is 6.43 Å². The summed E-state index contributed by atoms with van der Waals surface area (Å²) in [6.07, 6.45) is 2.36. The van der Waals surface area contributed by atoms with Crippen LogP contribution in [-0.4, -0.2) is 51.7 Å². The van der Waals surface area contributed by atoms with Crippen LogP contribution in [0.25, 0.3) is 5.52 Å². The van der Waals surface area contributed by atoms with Crippen molar-refractivity contribution >= 4 is 28.9 Å². The highest BCUT2D eigenvalue weighted by molar-refractivity contribution is 6.30. The molecule has 0 radical (unpaired) electrons. The minimum Gasteiger partial charge on any atom is -0.346 e. The minimum absolute atomic E-state index is 0.115. The van der Waals surface area contributed by atoms with Gasteiger partial charge in [-0.1, -0.05) is 23.7 Å². The summed E-state index contributed by atoms with van der Waals surface area (Å²) >= 11 is 6.09. The summed E-state index contributed by atoms with van der Waals surface area (Å²) in [6, 6.07) is 9.91. The number of fused-ring (bicyclic) bond motifs is 1. The van der Waals surface area contributed by atoms with Crippen molar-refractivity contribution in [1.82, 2.24) is 19.6 Å². The van der Waals surface area contributed by atoms with E-state index in [1.165, 1.54) is 0 Å². The van der Waals surface area contributed by atoms with E-state index in [9.17, 15) is 18.4 Å². The molecule has 3 aromatic rings. The first-order valence-electron chi connectivity index (χ1n) is 9.48. The Labute approximate surface area is 176 Å². The maximum Gasteiger partial charge on any atom is 0.315 e. The van der Waals surface area contributed by atoms with E-state index < -0.39 is 18.4 Å². The van der Waals surface area contributed by atoms with Crippen LogP contribution in [0.15, 0.2) is 55.1 Å². The van der Waals surface area contributed by atoms with E-state index in [-0.39, 0.29) is 18.4 Å². The maximum absolute atomic E-state index is 13.2. The van der Waals surface area contributed by atoms with Crippen molar-refractivity contribution in [2.45, 2.75) is 24.8 Å². The Morgan fingerprint density at radius 3 is 2.83 bits per heavy atom. The monoisotopic (exact) mass is 432 g/mol. The van der Waals surface area contributed by atoms with Crippen molar-refractivity contribution in [3.63, 3.8) is 0 Å². The van der Waals surface area contributed by atoms with Crippen molar-refractivity contribution in [3.8, 4) is 0 Å². The number of carbonyl (C=O) groups excluding carboxylic acids is 2. The molecule has 0 unspecified atom stereocenters. The topological polar surface area (TPSA) is 66.7 Å². The Morgan fingerprint density at radius 2 is 2.07 bits per heavy atom. The van der Waals surface area contributed by atoms with Gasteiger partial charge in [0.05, 0.1) is 29.6 Å². The average molecular weight is 433 g/mol. The van der Waals surface area contributed by atoms with Gasteiger partial charge < -0.3 is 14.6 Å². The van der Waals surface area contributed by atoms with E-state index >= 15 is 0 Å². The molecule has 0 spiro atoms. The summed E-state index contributed by atoms with van der Waals surface area (Å²) in [5.74, 6) is -1.82. The number of piperidine rings is 1. The fourth-order valence-corrected chi connectivity index (χ4v) is 4.16. The lowest BCUT2D eigenvalue weighted by Gasteiger charge is -2.39. The van der Waals surface area contributed by atoms with E-state index in [4.69, 9.17) is 11.6 Å². The third kappa shape index (κ3) is 4.00. The van der Waals surface area contributed by atoms with Crippen LogP contribution in [0.4, 0.5) is 8.78 Å². The highest BCUT2D eigenvalue weighted by Crippen LogP contribution is 2.31. The van der Waals surface area contributed by atoms with Gasteiger partial charge in [-0.3, -0.25) is 9.59 Å². The fraction of sp³-hybridized carbons (Fsp3) is 0.286. The molecule has 2 amide bonds. The van der Waals surface area contributed by atoms with Crippen molar-refractivity contribution in [1.29, 1.82) is 0 Å². The van der Waals surface area contributed by atoms with Gasteiger partial charge in [-0.15, -0.1) is 0 Å². The number of hydrogen-bond donors (Lipinski definition) is 1. The van der Waals surface area contributed by atoms with Gasteiger partial charge in [0.2, 0.25) is 0 Å². The number of imidazole rings is 1. The highest BCUT2D eigenvalue weighted by Gasteiger charge is 2.35. The number of nitrogens with one attached hydrogen (secondary N) is 1. The molecule has 30 heavy (non-hydrogen) atoms. The predicted octanol–water partition coefficient (Wildman–Crippen LogP) is 3.37. The number of nitrogens with zero attached hydrogens (tertiary/aromatic N) is 3. The van der Waals surface area contributed by atoms with Gasteiger partial charge in [0.1, 0.15) is 0 Å². The molecule has 2 atom stereocenters. The molecular formula is C21H19ClF2N4O2. The molecule has 1 aliphatic heterocycles. The van der Waals surface area contributed by atoms with E-state index in [0.717, 1.165) is 5.56 Å². The van der Waals surface area contributed by atoms with Crippen LogP contribution in [0, 0.1) is 0 Å². The lowest BCUT2D eigenvalue weighted by atomic mass is 9.85. The molecule has 1 N–H and O–H groups in total. The lowest BCUT2D eigenvalue weighted by molar-refractivity contribution is -0.133. The molecular weight excluding hydrogens is 414 g/mol. The first-order valence-corrected chi connectivity index (χ1v) is 9.86. The number of aromatic nitrogens is 2. The summed E-state index contributed by atoms with van der Waals surface area (Å²) in [5.41, 5.74) is 1.97. The Balaban J connectivity index is 1.61. The van der Waals surface area contributed by atoms with Crippen LogP contribution in [0.1, 0.15) is 28.3 Å². The number of halogens is 3. The number of amides is 2. The van der Waals surface area contributed by atoms with E-state index in [1.54, 1.807) is 58.4 Å². The Hall–Kier alpha value is -3.00. The van der Waals surface area contributed by atoms with Crippen LogP contribution in [-0.2, 0) is 4.79 Å². The SMILES string of the molecule is O=C(N[C@@H]1CN(C(=O)c2cccn3cncc23)CC[C@H]1c1cccc(Cl)c1)C(F)F. The normalized spacial score (nSPS) is 19.3. The first kappa shape index (κ1) is 20.3. The Bertz CT molecular complexity index is 1090. The number of pyridine rings is 1. The smallest absolute Gasteiger partial charge is 0.315 e. The van der Waals surface area contributed by atoms with Crippen LogP contribution in [0.2, 0.25) is 5.02 Å². The average Bonchev–Trinajstić information content (AvgIpc) is 3.22. The zero-order valence-electron chi connectivity index (χ0n) is 15.8. The standard InChI is InChI=1S/C21H19ClF2N4O2/c22-14-4-1-3-13(9-14)15-6-8-27(11-17(15)26-20(29)19(23)24)21(30)16-5-2-7-28-12-25-10-18(16)28/h1-5,7,9-10,12,15,17,19H,6,8,11H2,(H,26,29)/t15-,17+/m0/s1. The number of carbonyl (C=O) groups is 2. The molecule has 6 nitrogen and oxygen atoms in total. The van der Waals surface area contributed by atoms with E-state index in [0.29, 0.717) is 29.1 Å². The largest absolute Gasteiger partial charge is 0.346 e. The summed E-state index contributed by atoms with van der Waals surface area (Å²) in [6.45, 7) is 0.538. The lowest BCUT2D eigenvalue weighted by Crippen LogP contribution is -2.54. The summed E-state index contributed by atoms with van der Waals surface area (Å²) in [5, 5.41) is 2.94. The highest BCUT2D eigenvalue weighted by atomic mass is 35.5. The zero-order chi connectivity index (χ0) is 21.3. The molecule has 2 aromatic heterocycles. The number of benzene rings is 1. The summed E-state index contributed by atoms with van der Waals surface area (Å²) in [7, 11) is 0. The van der Waals surface area contributed by atoms with Crippen LogP contribution < -0.4 is 5.32 Å². The van der Waals surface area contributed by atoms with Gasteiger partial charge in [0, 0.05) is 30.2 Å². The number of rotatable bonds is 4. The van der Waals surface area contributed by atoms with Crippen LogP contribution in [0.3, 0.4) is 0 Å².